The first kappa shape index (κ1) is 19.5. The summed E-state index contributed by atoms with van der Waals surface area (Å²) in [5.74, 6) is 0.144. The third kappa shape index (κ3) is 3.87. The van der Waals surface area contributed by atoms with Gasteiger partial charge in [-0.2, -0.15) is 0 Å². The Labute approximate surface area is 159 Å². The standard InChI is InChI=1S/C21H28N4O2/c1-4-17-15(10-8-12-22-13-14-24(3)5-2)21(27)25-18-11-7-6-9-16(18)19(26)20(25)23-17/h4,7,10-11,22H,5-6,8-9,12-14H2,1-3H3/b15-10+,17-4+. The van der Waals surface area contributed by atoms with Crippen LogP contribution in [-0.4, -0.2) is 53.5 Å². The van der Waals surface area contributed by atoms with Gasteiger partial charge in [0.2, 0.25) is 5.78 Å². The maximum atomic E-state index is 13.1. The van der Waals surface area contributed by atoms with Crippen LogP contribution in [0.5, 0.6) is 0 Å². The fraction of sp³-hybridized carbons (Fsp3) is 0.476. The molecule has 1 N–H and O–H groups in total. The quantitative estimate of drug-likeness (QED) is 0.711. The lowest BCUT2D eigenvalue weighted by atomic mass is 10.0. The van der Waals surface area contributed by atoms with Crippen LogP contribution in [0, 0.1) is 0 Å². The van der Waals surface area contributed by atoms with E-state index < -0.39 is 0 Å². The maximum absolute atomic E-state index is 13.1. The van der Waals surface area contributed by atoms with Crippen LogP contribution in [0.2, 0.25) is 0 Å². The van der Waals surface area contributed by atoms with Gasteiger partial charge in [-0.3, -0.25) is 14.2 Å². The molecule has 0 fully saturated rings. The number of fused-ring (bicyclic) bond motifs is 2. The number of likely N-dealkylation sites (N-methyl/N-ethyl adjacent to an activating group) is 1. The lowest BCUT2D eigenvalue weighted by molar-refractivity contribution is 0.102. The van der Waals surface area contributed by atoms with Crippen LogP contribution < -0.4 is 21.4 Å². The van der Waals surface area contributed by atoms with E-state index in [0.29, 0.717) is 28.3 Å². The number of nitrogens with zero attached hydrogens (tertiary/aromatic N) is 3. The summed E-state index contributed by atoms with van der Waals surface area (Å²) in [5.41, 5.74) is 1.27. The maximum Gasteiger partial charge on any atom is 0.266 e. The molecule has 27 heavy (non-hydrogen) atoms. The molecule has 0 bridgehead atoms. The highest BCUT2D eigenvalue weighted by atomic mass is 16.1. The van der Waals surface area contributed by atoms with Gasteiger partial charge in [-0.05, 0) is 52.4 Å². The molecule has 6 nitrogen and oxygen atoms in total. The summed E-state index contributed by atoms with van der Waals surface area (Å²) in [6.45, 7) is 7.74. The molecule has 2 aliphatic rings. The Hall–Kier alpha value is -2.31. The number of carbonyl (C=O) groups is 1. The van der Waals surface area contributed by atoms with Gasteiger partial charge in [-0.1, -0.05) is 25.2 Å². The molecule has 0 unspecified atom stereocenters. The van der Waals surface area contributed by atoms with Crippen molar-refractivity contribution in [3.8, 4) is 0 Å². The first-order valence-corrected chi connectivity index (χ1v) is 9.72. The third-order valence-electron chi connectivity index (χ3n) is 5.16. The van der Waals surface area contributed by atoms with E-state index in [1.165, 1.54) is 4.57 Å². The zero-order valence-electron chi connectivity index (χ0n) is 16.4. The van der Waals surface area contributed by atoms with Crippen LogP contribution in [0.4, 0.5) is 0 Å². The monoisotopic (exact) mass is 368 g/mol. The van der Waals surface area contributed by atoms with Crippen molar-refractivity contribution in [3.63, 3.8) is 0 Å². The summed E-state index contributed by atoms with van der Waals surface area (Å²) >= 11 is 0. The SMILES string of the molecule is C/C=c1/nc2n(c(=O)/c1=C/CCNCCN(C)CC)C1=C(CCC=C1)C2=O. The highest BCUT2D eigenvalue weighted by Gasteiger charge is 2.31. The second-order valence-corrected chi connectivity index (χ2v) is 6.94. The van der Waals surface area contributed by atoms with Gasteiger partial charge in [0.15, 0.2) is 5.82 Å². The number of carbonyl (C=O) groups excluding carboxylic acids is 1. The predicted molar refractivity (Wildman–Crippen MR) is 109 cm³/mol. The van der Waals surface area contributed by atoms with Crippen molar-refractivity contribution in [2.24, 2.45) is 0 Å². The van der Waals surface area contributed by atoms with Crippen molar-refractivity contribution in [2.75, 3.05) is 33.2 Å². The second kappa shape index (κ2) is 8.59. The molecule has 0 saturated heterocycles. The van der Waals surface area contributed by atoms with Crippen LogP contribution >= 0.6 is 0 Å². The summed E-state index contributed by atoms with van der Waals surface area (Å²) in [6, 6.07) is 0. The predicted octanol–water partition coefficient (Wildman–Crippen LogP) is 0.513. The molecule has 2 heterocycles. The smallest absolute Gasteiger partial charge is 0.266 e. The minimum absolute atomic E-state index is 0.109. The van der Waals surface area contributed by atoms with Crippen molar-refractivity contribution < 1.29 is 4.79 Å². The molecule has 0 amide bonds. The van der Waals surface area contributed by atoms with Crippen LogP contribution in [0.25, 0.3) is 17.8 Å². The molecule has 1 aromatic heterocycles. The normalized spacial score (nSPS) is 17.3. The first-order valence-electron chi connectivity index (χ1n) is 9.72. The van der Waals surface area contributed by atoms with E-state index in [9.17, 15) is 9.59 Å². The number of hydrogen-bond donors (Lipinski definition) is 1. The molecule has 1 aromatic rings. The summed E-state index contributed by atoms with van der Waals surface area (Å²) in [7, 11) is 2.10. The van der Waals surface area contributed by atoms with Crippen LogP contribution in [0.1, 0.15) is 43.7 Å². The number of ketones is 1. The topological polar surface area (TPSA) is 67.2 Å². The average molecular weight is 368 g/mol. The van der Waals surface area contributed by atoms with E-state index in [-0.39, 0.29) is 17.2 Å². The van der Waals surface area contributed by atoms with Crippen LogP contribution in [-0.2, 0) is 0 Å². The lowest BCUT2D eigenvalue weighted by Gasteiger charge is -2.13. The Morgan fingerprint density at radius 3 is 2.89 bits per heavy atom. The highest BCUT2D eigenvalue weighted by molar-refractivity contribution is 6.15. The summed E-state index contributed by atoms with van der Waals surface area (Å²) in [5, 5.41) is 4.57. The van der Waals surface area contributed by atoms with Gasteiger partial charge in [-0.15, -0.1) is 0 Å². The largest absolute Gasteiger partial charge is 0.315 e. The van der Waals surface area contributed by atoms with E-state index in [1.807, 2.05) is 25.2 Å². The van der Waals surface area contributed by atoms with E-state index in [0.717, 1.165) is 39.0 Å². The van der Waals surface area contributed by atoms with Gasteiger partial charge < -0.3 is 10.2 Å². The van der Waals surface area contributed by atoms with Crippen molar-refractivity contribution in [1.29, 1.82) is 0 Å². The van der Waals surface area contributed by atoms with Crippen molar-refractivity contribution >= 4 is 23.6 Å². The zero-order valence-corrected chi connectivity index (χ0v) is 16.4. The molecular weight excluding hydrogens is 340 g/mol. The Bertz CT molecular complexity index is 969. The zero-order chi connectivity index (χ0) is 19.4. The molecule has 6 heteroatoms. The molecule has 3 rings (SSSR count). The van der Waals surface area contributed by atoms with Gasteiger partial charge in [0.05, 0.1) is 16.3 Å². The summed E-state index contributed by atoms with van der Waals surface area (Å²) in [4.78, 5) is 32.5. The van der Waals surface area contributed by atoms with E-state index in [2.05, 4.69) is 29.2 Å². The van der Waals surface area contributed by atoms with Gasteiger partial charge in [0.1, 0.15) is 0 Å². The number of nitrogens with one attached hydrogen (secondary N) is 1. The molecular formula is C21H28N4O2. The fourth-order valence-corrected chi connectivity index (χ4v) is 3.44. The molecule has 0 radical (unpaired) electrons. The molecule has 144 valence electrons. The van der Waals surface area contributed by atoms with Gasteiger partial charge in [0, 0.05) is 18.7 Å². The minimum Gasteiger partial charge on any atom is -0.315 e. The Morgan fingerprint density at radius 1 is 1.33 bits per heavy atom. The number of hydrogen-bond acceptors (Lipinski definition) is 5. The summed E-state index contributed by atoms with van der Waals surface area (Å²) in [6.07, 6.45) is 9.87. The number of allylic oxidation sites excluding steroid dienone is 4. The highest BCUT2D eigenvalue weighted by Crippen LogP contribution is 2.29. The van der Waals surface area contributed by atoms with Crippen molar-refractivity contribution in [3.05, 3.63) is 44.5 Å². The van der Waals surface area contributed by atoms with Crippen molar-refractivity contribution in [1.82, 2.24) is 19.8 Å². The van der Waals surface area contributed by atoms with Gasteiger partial charge in [0.25, 0.3) is 5.56 Å². The summed E-state index contributed by atoms with van der Waals surface area (Å²) < 4.78 is 1.50. The molecule has 0 saturated carbocycles. The number of rotatable bonds is 7. The second-order valence-electron chi connectivity index (χ2n) is 6.94. The Balaban J connectivity index is 1.85. The van der Waals surface area contributed by atoms with E-state index in [1.54, 1.807) is 6.08 Å². The van der Waals surface area contributed by atoms with E-state index in [4.69, 9.17) is 0 Å². The van der Waals surface area contributed by atoms with Gasteiger partial charge in [-0.25, -0.2) is 4.98 Å². The first-order chi connectivity index (χ1) is 13.1. The molecule has 0 aromatic carbocycles. The molecule has 1 aliphatic carbocycles. The average Bonchev–Trinajstić information content (AvgIpc) is 2.98. The molecule has 0 spiro atoms. The molecule has 0 atom stereocenters. The number of Topliss-reactive ketones (excluding diaryl/α,β-unsaturated/α-hetero) is 1. The Morgan fingerprint density at radius 2 is 2.15 bits per heavy atom. The Kier molecular flexibility index (Phi) is 6.19. The molecule has 1 aliphatic heterocycles. The lowest BCUT2D eigenvalue weighted by Crippen LogP contribution is -2.47. The van der Waals surface area contributed by atoms with Gasteiger partial charge >= 0.3 is 0 Å². The fourth-order valence-electron chi connectivity index (χ4n) is 3.44. The third-order valence-corrected chi connectivity index (χ3v) is 5.16. The van der Waals surface area contributed by atoms with Crippen LogP contribution in [0.3, 0.4) is 0 Å². The number of aromatic nitrogens is 2. The van der Waals surface area contributed by atoms with Crippen LogP contribution in [0.15, 0.2) is 22.5 Å². The van der Waals surface area contributed by atoms with E-state index >= 15 is 0 Å². The minimum atomic E-state index is -0.149. The van der Waals surface area contributed by atoms with Crippen molar-refractivity contribution in [2.45, 2.75) is 33.1 Å².